The number of hydrogen-bond donors (Lipinski definition) is 0. The summed E-state index contributed by atoms with van der Waals surface area (Å²) in [6, 6.07) is 2.17. The van der Waals surface area contributed by atoms with Crippen molar-refractivity contribution in [3.05, 3.63) is 20.3 Å². The monoisotopic (exact) mass is 232 g/mol. The second-order valence-electron chi connectivity index (χ2n) is 2.79. The Morgan fingerprint density at radius 1 is 1.82 bits per heavy atom. The van der Waals surface area contributed by atoms with Gasteiger partial charge in [0.05, 0.1) is 12.7 Å². The van der Waals surface area contributed by atoms with Crippen LogP contribution < -0.4 is 0 Å². The number of rotatable bonds is 2. The van der Waals surface area contributed by atoms with Gasteiger partial charge in [0.25, 0.3) is 0 Å². The summed E-state index contributed by atoms with van der Waals surface area (Å²) in [6.07, 6.45) is 1.59. The van der Waals surface area contributed by atoms with Crippen molar-refractivity contribution in [2.75, 3.05) is 6.61 Å². The van der Waals surface area contributed by atoms with Gasteiger partial charge in [0.15, 0.2) is 0 Å². The fraction of sp³-hybridized carbons (Fsp3) is 0.500. The van der Waals surface area contributed by atoms with Crippen LogP contribution in [-0.4, -0.2) is 12.7 Å². The van der Waals surface area contributed by atoms with Crippen molar-refractivity contribution in [3.63, 3.8) is 0 Å². The van der Waals surface area contributed by atoms with Crippen LogP contribution in [0.1, 0.15) is 9.75 Å². The molecule has 0 aromatic carbocycles. The Labute approximate surface area is 78.5 Å². The molecule has 3 heteroatoms. The number of epoxide rings is 1. The van der Waals surface area contributed by atoms with Crippen LogP contribution in [0.15, 0.2) is 10.5 Å². The Morgan fingerprint density at radius 3 is 3.00 bits per heavy atom. The first-order valence-electron chi connectivity index (χ1n) is 3.62. The zero-order valence-electron chi connectivity index (χ0n) is 6.26. The van der Waals surface area contributed by atoms with E-state index in [0.717, 1.165) is 13.0 Å². The van der Waals surface area contributed by atoms with Gasteiger partial charge in [-0.3, -0.25) is 0 Å². The maximum absolute atomic E-state index is 5.16. The molecular weight excluding hydrogens is 224 g/mol. The molecule has 1 nitrogen and oxygen atoms in total. The summed E-state index contributed by atoms with van der Waals surface area (Å²) in [5.41, 5.74) is 0. The van der Waals surface area contributed by atoms with E-state index in [1.54, 1.807) is 0 Å². The molecule has 1 aromatic heterocycles. The summed E-state index contributed by atoms with van der Waals surface area (Å²) < 4.78 is 6.41. The number of thiophene rings is 1. The van der Waals surface area contributed by atoms with Crippen LogP contribution in [0, 0.1) is 6.92 Å². The standard InChI is InChI=1S/C8H9BrOS/c1-5-2-7(9)8(11-5)3-6-4-10-6/h2,6H,3-4H2,1H3. The lowest BCUT2D eigenvalue weighted by Gasteiger charge is -1.91. The van der Waals surface area contributed by atoms with E-state index in [-0.39, 0.29) is 0 Å². The first-order chi connectivity index (χ1) is 5.25. The maximum atomic E-state index is 5.16. The van der Waals surface area contributed by atoms with E-state index in [1.165, 1.54) is 14.2 Å². The van der Waals surface area contributed by atoms with Gasteiger partial charge in [-0.05, 0) is 28.9 Å². The molecular formula is C8H9BrOS. The second kappa shape index (κ2) is 2.88. The molecule has 60 valence electrons. The average molecular weight is 233 g/mol. The van der Waals surface area contributed by atoms with E-state index in [2.05, 4.69) is 28.9 Å². The second-order valence-corrected chi connectivity index (χ2v) is 4.98. The highest BCUT2D eigenvalue weighted by Crippen LogP contribution is 2.30. The number of ether oxygens (including phenoxy) is 1. The summed E-state index contributed by atoms with van der Waals surface area (Å²) in [6.45, 7) is 3.08. The van der Waals surface area contributed by atoms with Gasteiger partial charge in [0.2, 0.25) is 0 Å². The van der Waals surface area contributed by atoms with Crippen LogP contribution in [0.25, 0.3) is 0 Å². The molecule has 1 aliphatic heterocycles. The van der Waals surface area contributed by atoms with E-state index in [9.17, 15) is 0 Å². The first kappa shape index (κ1) is 7.77. The van der Waals surface area contributed by atoms with Crippen LogP contribution in [0.2, 0.25) is 0 Å². The van der Waals surface area contributed by atoms with E-state index in [0.29, 0.717) is 6.10 Å². The van der Waals surface area contributed by atoms with Crippen molar-refractivity contribution >= 4 is 27.3 Å². The maximum Gasteiger partial charge on any atom is 0.0858 e. The summed E-state index contributed by atoms with van der Waals surface area (Å²) in [7, 11) is 0. The lowest BCUT2D eigenvalue weighted by Crippen LogP contribution is -1.89. The molecule has 0 bridgehead atoms. The molecule has 1 atom stereocenters. The highest BCUT2D eigenvalue weighted by Gasteiger charge is 2.24. The van der Waals surface area contributed by atoms with Crippen molar-refractivity contribution in [2.24, 2.45) is 0 Å². The third kappa shape index (κ3) is 1.83. The van der Waals surface area contributed by atoms with Crippen molar-refractivity contribution in [1.29, 1.82) is 0 Å². The van der Waals surface area contributed by atoms with Gasteiger partial charge in [0.1, 0.15) is 0 Å². The fourth-order valence-electron chi connectivity index (χ4n) is 1.06. The minimum atomic E-state index is 0.504. The molecule has 0 N–H and O–H groups in total. The number of halogens is 1. The number of aryl methyl sites for hydroxylation is 1. The zero-order valence-corrected chi connectivity index (χ0v) is 8.67. The lowest BCUT2D eigenvalue weighted by atomic mass is 10.3. The average Bonchev–Trinajstić information content (AvgIpc) is 2.64. The Bertz CT molecular complexity index is 265. The van der Waals surface area contributed by atoms with Crippen LogP contribution >= 0.6 is 27.3 Å². The van der Waals surface area contributed by atoms with Gasteiger partial charge in [0, 0.05) is 20.6 Å². The SMILES string of the molecule is Cc1cc(Br)c(CC2CO2)s1. The molecule has 0 amide bonds. The Morgan fingerprint density at radius 2 is 2.55 bits per heavy atom. The van der Waals surface area contributed by atoms with Gasteiger partial charge in [-0.1, -0.05) is 0 Å². The van der Waals surface area contributed by atoms with Gasteiger partial charge < -0.3 is 4.74 Å². The topological polar surface area (TPSA) is 12.5 Å². The van der Waals surface area contributed by atoms with E-state index in [1.807, 2.05) is 11.3 Å². The molecule has 0 spiro atoms. The molecule has 0 radical (unpaired) electrons. The molecule has 1 fully saturated rings. The minimum absolute atomic E-state index is 0.504. The quantitative estimate of drug-likeness (QED) is 0.715. The van der Waals surface area contributed by atoms with E-state index in [4.69, 9.17) is 4.74 Å². The van der Waals surface area contributed by atoms with Crippen LogP contribution in [-0.2, 0) is 11.2 Å². The molecule has 1 aliphatic rings. The van der Waals surface area contributed by atoms with Crippen LogP contribution in [0.3, 0.4) is 0 Å². The summed E-state index contributed by atoms with van der Waals surface area (Å²) in [4.78, 5) is 2.79. The predicted octanol–water partition coefficient (Wildman–Crippen LogP) is 2.76. The van der Waals surface area contributed by atoms with Gasteiger partial charge >= 0.3 is 0 Å². The molecule has 11 heavy (non-hydrogen) atoms. The Kier molecular flexibility index (Phi) is 2.04. The molecule has 0 aliphatic carbocycles. The molecule has 2 heterocycles. The van der Waals surface area contributed by atoms with Gasteiger partial charge in [-0.2, -0.15) is 0 Å². The van der Waals surface area contributed by atoms with Crippen molar-refractivity contribution < 1.29 is 4.74 Å². The third-order valence-corrected chi connectivity index (χ3v) is 3.74. The molecule has 1 saturated heterocycles. The van der Waals surface area contributed by atoms with E-state index < -0.39 is 0 Å². The molecule has 2 rings (SSSR count). The summed E-state index contributed by atoms with van der Waals surface area (Å²) in [5, 5.41) is 0. The minimum Gasteiger partial charge on any atom is -0.373 e. The van der Waals surface area contributed by atoms with Crippen molar-refractivity contribution in [2.45, 2.75) is 19.4 Å². The predicted molar refractivity (Wildman–Crippen MR) is 50.2 cm³/mol. The fourth-order valence-corrected chi connectivity index (χ4v) is 2.95. The van der Waals surface area contributed by atoms with Gasteiger partial charge in [-0.15, -0.1) is 11.3 Å². The van der Waals surface area contributed by atoms with Crippen LogP contribution in [0.5, 0.6) is 0 Å². The normalized spacial score (nSPS) is 22.2. The van der Waals surface area contributed by atoms with Crippen molar-refractivity contribution in [3.8, 4) is 0 Å². The first-order valence-corrected chi connectivity index (χ1v) is 5.23. The molecule has 0 saturated carbocycles. The highest BCUT2D eigenvalue weighted by molar-refractivity contribution is 9.10. The largest absolute Gasteiger partial charge is 0.373 e. The van der Waals surface area contributed by atoms with Crippen LogP contribution in [0.4, 0.5) is 0 Å². The van der Waals surface area contributed by atoms with Crippen molar-refractivity contribution in [1.82, 2.24) is 0 Å². The summed E-state index contributed by atoms with van der Waals surface area (Å²) in [5.74, 6) is 0. The summed E-state index contributed by atoms with van der Waals surface area (Å²) >= 11 is 5.38. The van der Waals surface area contributed by atoms with Gasteiger partial charge in [-0.25, -0.2) is 0 Å². The smallest absolute Gasteiger partial charge is 0.0858 e. The Balaban J connectivity index is 2.14. The molecule has 1 unspecified atom stereocenters. The molecule has 1 aromatic rings. The third-order valence-electron chi connectivity index (χ3n) is 1.70. The van der Waals surface area contributed by atoms with E-state index >= 15 is 0 Å². The Hall–Kier alpha value is 0.140. The highest BCUT2D eigenvalue weighted by atomic mass is 79.9. The zero-order chi connectivity index (χ0) is 7.84. The number of hydrogen-bond acceptors (Lipinski definition) is 2. The lowest BCUT2D eigenvalue weighted by molar-refractivity contribution is 0.408.